The molecule has 1 fully saturated rings. The smallest absolute Gasteiger partial charge is 0.136 e. The Bertz CT molecular complexity index is 453. The van der Waals surface area contributed by atoms with Crippen LogP contribution in [0.1, 0.15) is 51.2 Å². The van der Waals surface area contributed by atoms with Crippen LogP contribution < -0.4 is 0 Å². The molecule has 0 spiro atoms. The summed E-state index contributed by atoms with van der Waals surface area (Å²) in [6.45, 7) is 9.02. The molecule has 1 nitrogen and oxygen atoms in total. The molecule has 1 saturated carbocycles. The van der Waals surface area contributed by atoms with E-state index >= 15 is 0 Å². The molecule has 0 aromatic heterocycles. The van der Waals surface area contributed by atoms with Gasteiger partial charge in [0.2, 0.25) is 0 Å². The Hall–Kier alpha value is -1.11. The Morgan fingerprint density at radius 2 is 2.00 bits per heavy atom. The van der Waals surface area contributed by atoms with Crippen LogP contribution in [-0.4, -0.2) is 5.78 Å². The highest BCUT2D eigenvalue weighted by Crippen LogP contribution is 2.39. The van der Waals surface area contributed by atoms with Crippen molar-refractivity contribution in [3.63, 3.8) is 0 Å². The van der Waals surface area contributed by atoms with E-state index in [1.54, 1.807) is 0 Å². The van der Waals surface area contributed by atoms with Gasteiger partial charge in [-0.15, -0.1) is 0 Å². The molecule has 0 N–H and O–H groups in total. The molecular formula is C18H26O. The van der Waals surface area contributed by atoms with E-state index in [9.17, 15) is 4.79 Å². The Balaban J connectivity index is 2.08. The van der Waals surface area contributed by atoms with Crippen LogP contribution in [0.3, 0.4) is 0 Å². The number of ketones is 1. The number of aryl methyl sites for hydroxylation is 1. The van der Waals surface area contributed by atoms with Gasteiger partial charge in [0.05, 0.1) is 0 Å². The molecule has 0 heterocycles. The number of Topliss-reactive ketones (excluding diaryl/α,β-unsaturated/α-hetero) is 1. The van der Waals surface area contributed by atoms with Crippen LogP contribution in [0.15, 0.2) is 24.3 Å². The van der Waals surface area contributed by atoms with E-state index in [4.69, 9.17) is 0 Å². The van der Waals surface area contributed by atoms with Crippen molar-refractivity contribution in [2.45, 2.75) is 53.4 Å². The molecule has 1 heteroatoms. The van der Waals surface area contributed by atoms with Gasteiger partial charge in [0.1, 0.15) is 5.78 Å². The summed E-state index contributed by atoms with van der Waals surface area (Å²) < 4.78 is 0. The maximum atomic E-state index is 12.2. The van der Waals surface area contributed by atoms with Gasteiger partial charge in [0.15, 0.2) is 0 Å². The molecule has 0 amide bonds. The van der Waals surface area contributed by atoms with Crippen molar-refractivity contribution in [2.75, 3.05) is 0 Å². The Morgan fingerprint density at radius 1 is 1.26 bits per heavy atom. The van der Waals surface area contributed by atoms with E-state index in [2.05, 4.69) is 52.0 Å². The summed E-state index contributed by atoms with van der Waals surface area (Å²) in [5.41, 5.74) is 2.92. The van der Waals surface area contributed by atoms with Crippen molar-refractivity contribution in [3.05, 3.63) is 35.4 Å². The van der Waals surface area contributed by atoms with Gasteiger partial charge in [-0.25, -0.2) is 0 Å². The van der Waals surface area contributed by atoms with Crippen LogP contribution >= 0.6 is 0 Å². The lowest BCUT2D eigenvalue weighted by Crippen LogP contribution is -2.33. The van der Waals surface area contributed by atoms with Crippen LogP contribution in [0, 0.1) is 24.2 Å². The van der Waals surface area contributed by atoms with Crippen LogP contribution in [0.5, 0.6) is 0 Å². The molecule has 0 bridgehead atoms. The number of hydrogen-bond donors (Lipinski definition) is 0. The summed E-state index contributed by atoms with van der Waals surface area (Å²) in [4.78, 5) is 12.2. The number of rotatable bonds is 2. The van der Waals surface area contributed by atoms with E-state index in [0.29, 0.717) is 17.1 Å². The summed E-state index contributed by atoms with van der Waals surface area (Å²) in [6.07, 6.45) is 3.84. The summed E-state index contributed by atoms with van der Waals surface area (Å²) in [5, 5.41) is 0. The van der Waals surface area contributed by atoms with Crippen molar-refractivity contribution in [1.82, 2.24) is 0 Å². The van der Waals surface area contributed by atoms with Gasteiger partial charge in [0.25, 0.3) is 0 Å². The highest BCUT2D eigenvalue weighted by molar-refractivity contribution is 5.82. The topological polar surface area (TPSA) is 17.1 Å². The molecule has 2 rings (SSSR count). The minimum absolute atomic E-state index is 0.236. The van der Waals surface area contributed by atoms with Gasteiger partial charge >= 0.3 is 0 Å². The number of hydrogen-bond acceptors (Lipinski definition) is 1. The summed E-state index contributed by atoms with van der Waals surface area (Å²) in [7, 11) is 0. The molecule has 0 aliphatic heterocycles. The van der Waals surface area contributed by atoms with E-state index in [0.717, 1.165) is 25.7 Å². The predicted octanol–water partition coefficient (Wildman–Crippen LogP) is 4.57. The fourth-order valence-corrected chi connectivity index (χ4v) is 3.22. The average molecular weight is 258 g/mol. The van der Waals surface area contributed by atoms with Crippen LogP contribution in [0.2, 0.25) is 0 Å². The van der Waals surface area contributed by atoms with Crippen LogP contribution in [0.4, 0.5) is 0 Å². The molecule has 0 radical (unpaired) electrons. The first-order valence-corrected chi connectivity index (χ1v) is 7.44. The van der Waals surface area contributed by atoms with Gasteiger partial charge in [-0.2, -0.15) is 0 Å². The Morgan fingerprint density at radius 3 is 2.63 bits per heavy atom. The van der Waals surface area contributed by atoms with Crippen molar-refractivity contribution >= 4 is 5.78 Å². The zero-order valence-electron chi connectivity index (χ0n) is 12.7. The molecular weight excluding hydrogens is 232 g/mol. The number of carbonyl (C=O) groups excluding carboxylic acids is 1. The lowest BCUT2D eigenvalue weighted by Gasteiger charge is -2.37. The zero-order chi connectivity index (χ0) is 14.0. The van der Waals surface area contributed by atoms with Crippen LogP contribution in [-0.2, 0) is 11.2 Å². The second kappa shape index (κ2) is 5.48. The van der Waals surface area contributed by atoms with Gasteiger partial charge in [0, 0.05) is 12.3 Å². The van der Waals surface area contributed by atoms with E-state index in [1.165, 1.54) is 11.1 Å². The van der Waals surface area contributed by atoms with Gasteiger partial charge in [-0.05, 0) is 43.1 Å². The fraction of sp³-hybridized carbons (Fsp3) is 0.611. The molecule has 1 aromatic carbocycles. The second-order valence-corrected chi connectivity index (χ2v) is 7.19. The van der Waals surface area contributed by atoms with Gasteiger partial charge < -0.3 is 0 Å². The van der Waals surface area contributed by atoms with E-state index in [-0.39, 0.29) is 5.92 Å². The maximum Gasteiger partial charge on any atom is 0.136 e. The third-order valence-electron chi connectivity index (χ3n) is 4.55. The number of carbonyl (C=O) groups is 1. The minimum atomic E-state index is 0.236. The van der Waals surface area contributed by atoms with E-state index in [1.807, 2.05) is 0 Å². The van der Waals surface area contributed by atoms with Gasteiger partial charge in [-0.3, -0.25) is 4.79 Å². The Labute approximate surface area is 117 Å². The predicted molar refractivity (Wildman–Crippen MR) is 80.2 cm³/mol. The standard InChI is InChI=1S/C18H26O/c1-13-6-5-7-14(10-13)11-15-12-16(18(2,3)4)8-9-17(15)19/h5-7,10,15-16H,8-9,11-12H2,1-4H3. The molecule has 104 valence electrons. The summed E-state index contributed by atoms with van der Waals surface area (Å²) in [5.74, 6) is 1.39. The third kappa shape index (κ3) is 3.68. The maximum absolute atomic E-state index is 12.2. The lowest BCUT2D eigenvalue weighted by atomic mass is 9.67. The van der Waals surface area contributed by atoms with E-state index < -0.39 is 0 Å². The average Bonchev–Trinajstić information content (AvgIpc) is 2.30. The quantitative estimate of drug-likeness (QED) is 0.759. The largest absolute Gasteiger partial charge is 0.299 e. The van der Waals surface area contributed by atoms with Crippen molar-refractivity contribution in [2.24, 2.45) is 17.3 Å². The fourth-order valence-electron chi connectivity index (χ4n) is 3.22. The molecule has 2 atom stereocenters. The third-order valence-corrected chi connectivity index (χ3v) is 4.55. The van der Waals surface area contributed by atoms with Crippen molar-refractivity contribution < 1.29 is 4.79 Å². The summed E-state index contributed by atoms with van der Waals surface area (Å²) >= 11 is 0. The minimum Gasteiger partial charge on any atom is -0.299 e. The normalized spacial score (nSPS) is 24.5. The summed E-state index contributed by atoms with van der Waals surface area (Å²) in [6, 6.07) is 8.58. The first-order valence-electron chi connectivity index (χ1n) is 7.44. The highest BCUT2D eigenvalue weighted by Gasteiger charge is 2.34. The van der Waals surface area contributed by atoms with Crippen molar-refractivity contribution in [1.29, 1.82) is 0 Å². The molecule has 1 aliphatic rings. The monoisotopic (exact) mass is 258 g/mol. The number of benzene rings is 1. The molecule has 1 aromatic rings. The molecule has 2 unspecified atom stereocenters. The SMILES string of the molecule is Cc1cccc(CC2CC(C(C)(C)C)CCC2=O)c1. The second-order valence-electron chi connectivity index (χ2n) is 7.19. The Kier molecular flexibility index (Phi) is 4.13. The lowest BCUT2D eigenvalue weighted by molar-refractivity contribution is -0.126. The zero-order valence-corrected chi connectivity index (χ0v) is 12.7. The molecule has 1 aliphatic carbocycles. The highest BCUT2D eigenvalue weighted by atomic mass is 16.1. The molecule has 0 saturated heterocycles. The molecule has 19 heavy (non-hydrogen) atoms. The van der Waals surface area contributed by atoms with Gasteiger partial charge in [-0.1, -0.05) is 50.6 Å². The van der Waals surface area contributed by atoms with Crippen LogP contribution in [0.25, 0.3) is 0 Å². The first kappa shape index (κ1) is 14.3. The van der Waals surface area contributed by atoms with Crippen molar-refractivity contribution in [3.8, 4) is 0 Å². The first-order chi connectivity index (χ1) is 8.86.